The number of para-hydroxylation sites is 1. The minimum absolute atomic E-state index is 0.00500. The van der Waals surface area contributed by atoms with Crippen molar-refractivity contribution in [3.63, 3.8) is 0 Å². The predicted molar refractivity (Wildman–Crippen MR) is 91.0 cm³/mol. The first kappa shape index (κ1) is 16.7. The largest absolute Gasteiger partial charge is 0.383 e. The molecule has 0 N–H and O–H groups in total. The quantitative estimate of drug-likeness (QED) is 0.828. The molecule has 6 nitrogen and oxygen atoms in total. The van der Waals surface area contributed by atoms with E-state index < -0.39 is 0 Å². The summed E-state index contributed by atoms with van der Waals surface area (Å²) in [4.78, 5) is 26.6. The van der Waals surface area contributed by atoms with Crippen molar-refractivity contribution in [2.75, 3.05) is 27.4 Å². The number of nitrogens with zero attached hydrogens (tertiary/aromatic N) is 2. The van der Waals surface area contributed by atoms with E-state index in [9.17, 15) is 9.59 Å². The Hall–Kier alpha value is -2.18. The maximum absolute atomic E-state index is 12.8. The molecular weight excluding hydrogens is 308 g/mol. The summed E-state index contributed by atoms with van der Waals surface area (Å²) in [6, 6.07) is 8.87. The first-order chi connectivity index (χ1) is 11.6. The second kappa shape index (κ2) is 7.15. The molecule has 1 aliphatic heterocycles. The molecule has 1 aliphatic rings. The average molecular weight is 330 g/mol. The number of hydrogen-bond acceptors (Lipinski definition) is 4. The van der Waals surface area contributed by atoms with E-state index in [0.717, 1.165) is 11.9 Å². The van der Waals surface area contributed by atoms with Gasteiger partial charge in [0.2, 0.25) is 5.91 Å². The van der Waals surface area contributed by atoms with E-state index in [0.29, 0.717) is 18.5 Å². The zero-order valence-corrected chi connectivity index (χ0v) is 14.0. The number of fused-ring (bicyclic) bond motifs is 1. The van der Waals surface area contributed by atoms with Crippen LogP contribution in [0.15, 0.2) is 41.3 Å². The third-order valence-electron chi connectivity index (χ3n) is 4.58. The lowest BCUT2D eigenvalue weighted by Crippen LogP contribution is -2.40. The van der Waals surface area contributed by atoms with Gasteiger partial charge in [-0.05, 0) is 18.6 Å². The van der Waals surface area contributed by atoms with Crippen molar-refractivity contribution in [1.29, 1.82) is 0 Å². The molecule has 2 aromatic rings. The highest BCUT2D eigenvalue weighted by molar-refractivity contribution is 5.82. The number of carbonyl (C=O) groups is 1. The number of hydrogen-bond donors (Lipinski definition) is 0. The molecule has 0 unspecified atom stereocenters. The van der Waals surface area contributed by atoms with Crippen molar-refractivity contribution >= 4 is 16.8 Å². The van der Waals surface area contributed by atoms with Crippen molar-refractivity contribution in [1.82, 2.24) is 9.47 Å². The lowest BCUT2D eigenvalue weighted by Gasteiger charge is -2.24. The van der Waals surface area contributed by atoms with Crippen LogP contribution >= 0.6 is 0 Å². The first-order valence-electron chi connectivity index (χ1n) is 8.03. The molecule has 1 saturated heterocycles. The third-order valence-corrected chi connectivity index (χ3v) is 4.58. The number of ether oxygens (including phenoxy) is 2. The van der Waals surface area contributed by atoms with Crippen LogP contribution in [0.25, 0.3) is 10.9 Å². The Morgan fingerprint density at radius 3 is 2.79 bits per heavy atom. The SMILES string of the molecule is COC[C@@H]1C[C@@H](OC)CN1C(=O)Cn1ccc(=O)c2ccccc21. The van der Waals surface area contributed by atoms with Gasteiger partial charge in [-0.1, -0.05) is 12.1 Å². The van der Waals surface area contributed by atoms with Crippen molar-refractivity contribution in [2.24, 2.45) is 0 Å². The molecule has 1 aromatic carbocycles. The Balaban J connectivity index is 1.84. The number of likely N-dealkylation sites (tertiary alicyclic amines) is 1. The van der Waals surface area contributed by atoms with Crippen molar-refractivity contribution in [2.45, 2.75) is 25.1 Å². The van der Waals surface area contributed by atoms with Crippen molar-refractivity contribution in [3.05, 3.63) is 46.8 Å². The lowest BCUT2D eigenvalue weighted by atomic mass is 10.2. The molecular formula is C18H22N2O4. The molecule has 2 atom stereocenters. The van der Waals surface area contributed by atoms with Crippen LogP contribution in [0, 0.1) is 0 Å². The van der Waals surface area contributed by atoms with Crippen LogP contribution in [0.3, 0.4) is 0 Å². The maximum atomic E-state index is 12.8. The summed E-state index contributed by atoms with van der Waals surface area (Å²) in [5.74, 6) is 0.00500. The number of methoxy groups -OCH3 is 2. The van der Waals surface area contributed by atoms with E-state index in [1.54, 1.807) is 26.5 Å². The van der Waals surface area contributed by atoms with Gasteiger partial charge in [-0.3, -0.25) is 9.59 Å². The summed E-state index contributed by atoms with van der Waals surface area (Å²) in [5, 5.41) is 0.623. The highest BCUT2D eigenvalue weighted by Gasteiger charge is 2.35. The molecule has 1 amide bonds. The van der Waals surface area contributed by atoms with Crippen LogP contribution in [-0.4, -0.2) is 54.9 Å². The Morgan fingerprint density at radius 1 is 1.25 bits per heavy atom. The minimum Gasteiger partial charge on any atom is -0.383 e. The second-order valence-electron chi connectivity index (χ2n) is 6.07. The van der Waals surface area contributed by atoms with Crippen LogP contribution in [0.1, 0.15) is 6.42 Å². The molecule has 0 bridgehead atoms. The van der Waals surface area contributed by atoms with Gasteiger partial charge < -0.3 is 18.9 Å². The summed E-state index contributed by atoms with van der Waals surface area (Å²) in [7, 11) is 3.30. The Kier molecular flexibility index (Phi) is 4.97. The van der Waals surface area contributed by atoms with Gasteiger partial charge in [0, 0.05) is 38.4 Å². The summed E-state index contributed by atoms with van der Waals surface area (Å²) in [5.41, 5.74) is 0.733. The highest BCUT2D eigenvalue weighted by atomic mass is 16.5. The topological polar surface area (TPSA) is 60.8 Å². The molecule has 0 spiro atoms. The van der Waals surface area contributed by atoms with Gasteiger partial charge >= 0.3 is 0 Å². The van der Waals surface area contributed by atoms with Gasteiger partial charge in [-0.2, -0.15) is 0 Å². The van der Waals surface area contributed by atoms with Crippen LogP contribution in [0.4, 0.5) is 0 Å². The first-order valence-corrected chi connectivity index (χ1v) is 8.03. The molecule has 0 aliphatic carbocycles. The molecule has 1 aromatic heterocycles. The molecule has 3 rings (SSSR count). The van der Waals surface area contributed by atoms with Crippen molar-refractivity contribution < 1.29 is 14.3 Å². The Labute approximate surface area is 140 Å². The van der Waals surface area contributed by atoms with E-state index in [4.69, 9.17) is 9.47 Å². The number of rotatable bonds is 5. The zero-order chi connectivity index (χ0) is 17.1. The number of benzene rings is 1. The van der Waals surface area contributed by atoms with Gasteiger partial charge in [0.1, 0.15) is 6.54 Å². The van der Waals surface area contributed by atoms with E-state index in [1.807, 2.05) is 27.7 Å². The van der Waals surface area contributed by atoms with E-state index in [-0.39, 0.29) is 30.0 Å². The molecule has 24 heavy (non-hydrogen) atoms. The van der Waals surface area contributed by atoms with Crippen LogP contribution in [-0.2, 0) is 20.8 Å². The van der Waals surface area contributed by atoms with E-state index in [1.165, 1.54) is 6.07 Å². The monoisotopic (exact) mass is 330 g/mol. The number of amides is 1. The van der Waals surface area contributed by atoms with Gasteiger partial charge in [-0.15, -0.1) is 0 Å². The predicted octanol–water partition coefficient (Wildman–Crippen LogP) is 1.26. The van der Waals surface area contributed by atoms with Crippen LogP contribution in [0.5, 0.6) is 0 Å². The maximum Gasteiger partial charge on any atom is 0.242 e. The number of pyridine rings is 1. The normalized spacial score (nSPS) is 20.7. The minimum atomic E-state index is -0.0350. The van der Waals surface area contributed by atoms with Crippen LogP contribution in [0.2, 0.25) is 0 Å². The fourth-order valence-corrected chi connectivity index (χ4v) is 3.33. The standard InChI is InChI=1S/C18H22N2O4/c1-23-12-13-9-14(24-2)10-20(13)18(22)11-19-8-7-17(21)15-5-3-4-6-16(15)19/h3-8,13-14H,9-12H2,1-2H3/t13-,14+/m0/s1. The lowest BCUT2D eigenvalue weighted by molar-refractivity contribution is -0.133. The van der Waals surface area contributed by atoms with Gasteiger partial charge in [0.15, 0.2) is 5.43 Å². The fraction of sp³-hybridized carbons (Fsp3) is 0.444. The van der Waals surface area contributed by atoms with E-state index in [2.05, 4.69) is 0 Å². The number of carbonyl (C=O) groups excluding carboxylic acids is 1. The average Bonchev–Trinajstić information content (AvgIpc) is 3.01. The van der Waals surface area contributed by atoms with Gasteiger partial charge in [-0.25, -0.2) is 0 Å². The molecule has 128 valence electrons. The smallest absolute Gasteiger partial charge is 0.242 e. The van der Waals surface area contributed by atoms with Gasteiger partial charge in [0.25, 0.3) is 0 Å². The zero-order valence-electron chi connectivity index (χ0n) is 14.0. The molecule has 0 saturated carbocycles. The summed E-state index contributed by atoms with van der Waals surface area (Å²) in [6.07, 6.45) is 2.50. The highest BCUT2D eigenvalue weighted by Crippen LogP contribution is 2.21. The van der Waals surface area contributed by atoms with E-state index >= 15 is 0 Å². The summed E-state index contributed by atoms with van der Waals surface area (Å²) >= 11 is 0. The van der Waals surface area contributed by atoms with Gasteiger partial charge in [0.05, 0.1) is 24.3 Å². The Morgan fingerprint density at radius 2 is 2.04 bits per heavy atom. The third kappa shape index (κ3) is 3.20. The summed E-state index contributed by atoms with van der Waals surface area (Å²) in [6.45, 7) is 1.26. The number of aromatic nitrogens is 1. The molecule has 0 radical (unpaired) electrons. The second-order valence-corrected chi connectivity index (χ2v) is 6.07. The molecule has 6 heteroatoms. The summed E-state index contributed by atoms with van der Waals surface area (Å²) < 4.78 is 12.5. The molecule has 2 heterocycles. The van der Waals surface area contributed by atoms with Crippen LogP contribution < -0.4 is 5.43 Å². The molecule has 1 fully saturated rings. The fourth-order valence-electron chi connectivity index (χ4n) is 3.33. The Bertz CT molecular complexity index is 786. The van der Waals surface area contributed by atoms with Crippen molar-refractivity contribution in [3.8, 4) is 0 Å².